The van der Waals surface area contributed by atoms with Gasteiger partial charge in [-0.2, -0.15) is 5.10 Å². The van der Waals surface area contributed by atoms with Crippen molar-refractivity contribution in [2.24, 2.45) is 0 Å². The molecule has 0 saturated heterocycles. The lowest BCUT2D eigenvalue weighted by Crippen LogP contribution is -2.25. The molecule has 0 unspecified atom stereocenters. The Hall–Kier alpha value is -1.75. The highest BCUT2D eigenvalue weighted by molar-refractivity contribution is 5.31. The van der Waals surface area contributed by atoms with Crippen LogP contribution in [0.4, 0.5) is 0 Å². The molecule has 5 nitrogen and oxygen atoms in total. The van der Waals surface area contributed by atoms with Crippen molar-refractivity contribution in [1.29, 1.82) is 0 Å². The molecule has 0 aliphatic rings. The number of aryl methyl sites for hydroxylation is 1. The maximum Gasteiger partial charge on any atom is 0.250 e. The summed E-state index contributed by atoms with van der Waals surface area (Å²) in [6.45, 7) is 9.62. The molecule has 0 amide bonds. The van der Waals surface area contributed by atoms with Gasteiger partial charge in [0.2, 0.25) is 0 Å². The molecule has 0 radical (unpaired) electrons. The standard InChI is InChI=1S/C16H25N5/c1-5-14-13(8-11-17-12(3)4)15(6-2)21(20-14)16-18-9-7-10-19-16/h7,9-10,12,17H,5-6,8,11H2,1-4H3. The van der Waals surface area contributed by atoms with Crippen LogP contribution < -0.4 is 5.32 Å². The second-order valence-corrected chi connectivity index (χ2v) is 5.40. The molecule has 0 spiro atoms. The first-order chi connectivity index (χ1) is 10.2. The number of nitrogens with one attached hydrogen (secondary N) is 1. The van der Waals surface area contributed by atoms with Crippen molar-refractivity contribution in [3.05, 3.63) is 35.4 Å². The molecule has 2 aromatic rings. The van der Waals surface area contributed by atoms with Crippen LogP contribution in [-0.4, -0.2) is 32.3 Å². The van der Waals surface area contributed by atoms with Crippen molar-refractivity contribution >= 4 is 0 Å². The van der Waals surface area contributed by atoms with Crippen LogP contribution in [0.25, 0.3) is 5.95 Å². The zero-order chi connectivity index (χ0) is 15.2. The minimum absolute atomic E-state index is 0.507. The molecule has 0 aromatic carbocycles. The predicted octanol–water partition coefficient (Wildman–Crippen LogP) is 2.33. The predicted molar refractivity (Wildman–Crippen MR) is 84.8 cm³/mol. The fraction of sp³-hybridized carbons (Fsp3) is 0.562. The molecular formula is C16H25N5. The van der Waals surface area contributed by atoms with E-state index in [4.69, 9.17) is 5.10 Å². The summed E-state index contributed by atoms with van der Waals surface area (Å²) in [5, 5.41) is 8.21. The lowest BCUT2D eigenvalue weighted by molar-refractivity contribution is 0.588. The largest absolute Gasteiger partial charge is 0.314 e. The molecule has 114 valence electrons. The minimum Gasteiger partial charge on any atom is -0.314 e. The van der Waals surface area contributed by atoms with Gasteiger partial charge in [-0.25, -0.2) is 14.6 Å². The van der Waals surface area contributed by atoms with Crippen LogP contribution in [0.2, 0.25) is 0 Å². The quantitative estimate of drug-likeness (QED) is 0.849. The van der Waals surface area contributed by atoms with Gasteiger partial charge in [0.25, 0.3) is 5.95 Å². The topological polar surface area (TPSA) is 55.6 Å². The number of rotatable bonds is 7. The van der Waals surface area contributed by atoms with Crippen LogP contribution in [0.3, 0.4) is 0 Å². The monoisotopic (exact) mass is 287 g/mol. The molecule has 21 heavy (non-hydrogen) atoms. The smallest absolute Gasteiger partial charge is 0.250 e. The third kappa shape index (κ3) is 3.67. The van der Waals surface area contributed by atoms with Crippen molar-refractivity contribution < 1.29 is 0 Å². The van der Waals surface area contributed by atoms with Gasteiger partial charge in [0, 0.05) is 18.4 Å². The van der Waals surface area contributed by atoms with E-state index in [2.05, 4.69) is 43.0 Å². The first-order valence-corrected chi connectivity index (χ1v) is 7.77. The molecule has 2 aromatic heterocycles. The van der Waals surface area contributed by atoms with Crippen LogP contribution in [0.1, 0.15) is 44.6 Å². The first-order valence-electron chi connectivity index (χ1n) is 7.77. The average molecular weight is 287 g/mol. The molecule has 0 aliphatic carbocycles. The molecule has 2 heterocycles. The Morgan fingerprint density at radius 2 is 1.86 bits per heavy atom. The van der Waals surface area contributed by atoms with Gasteiger partial charge in [-0.05, 0) is 37.4 Å². The van der Waals surface area contributed by atoms with Crippen LogP contribution in [0.15, 0.2) is 18.5 Å². The lowest BCUT2D eigenvalue weighted by atomic mass is 10.1. The van der Waals surface area contributed by atoms with E-state index in [1.807, 2.05) is 10.7 Å². The summed E-state index contributed by atoms with van der Waals surface area (Å²) in [6, 6.07) is 2.33. The second-order valence-electron chi connectivity index (χ2n) is 5.40. The van der Waals surface area contributed by atoms with Crippen LogP contribution in [0, 0.1) is 0 Å². The highest BCUT2D eigenvalue weighted by Crippen LogP contribution is 2.19. The Morgan fingerprint density at radius 1 is 1.14 bits per heavy atom. The van der Waals surface area contributed by atoms with Gasteiger partial charge in [-0.1, -0.05) is 27.7 Å². The summed E-state index contributed by atoms with van der Waals surface area (Å²) >= 11 is 0. The van der Waals surface area contributed by atoms with E-state index in [9.17, 15) is 0 Å². The fourth-order valence-electron chi connectivity index (χ4n) is 2.52. The second kappa shape index (κ2) is 7.31. The summed E-state index contributed by atoms with van der Waals surface area (Å²) in [6.07, 6.45) is 6.38. The van der Waals surface area contributed by atoms with Gasteiger partial charge in [-0.3, -0.25) is 0 Å². The highest BCUT2D eigenvalue weighted by Gasteiger charge is 2.17. The summed E-state index contributed by atoms with van der Waals surface area (Å²) in [5.74, 6) is 0.659. The van der Waals surface area contributed by atoms with Crippen molar-refractivity contribution in [3.8, 4) is 5.95 Å². The SMILES string of the molecule is CCc1nn(-c2ncccn2)c(CC)c1CCNC(C)C. The molecule has 1 N–H and O–H groups in total. The van der Waals surface area contributed by atoms with E-state index < -0.39 is 0 Å². The van der Waals surface area contributed by atoms with Crippen LogP contribution in [-0.2, 0) is 19.3 Å². The Balaban J connectivity index is 2.33. The van der Waals surface area contributed by atoms with Gasteiger partial charge < -0.3 is 5.32 Å². The summed E-state index contributed by atoms with van der Waals surface area (Å²) in [4.78, 5) is 8.66. The maximum absolute atomic E-state index is 4.73. The third-order valence-electron chi connectivity index (χ3n) is 3.51. The Morgan fingerprint density at radius 3 is 2.43 bits per heavy atom. The summed E-state index contributed by atoms with van der Waals surface area (Å²) in [7, 11) is 0. The van der Waals surface area contributed by atoms with Crippen molar-refractivity contribution in [1.82, 2.24) is 25.1 Å². The number of hydrogen-bond donors (Lipinski definition) is 1. The Labute approximate surface area is 126 Å². The molecule has 0 atom stereocenters. The number of aromatic nitrogens is 4. The first kappa shape index (κ1) is 15.6. The van der Waals surface area contributed by atoms with E-state index >= 15 is 0 Å². The summed E-state index contributed by atoms with van der Waals surface area (Å²) in [5.41, 5.74) is 3.73. The molecule has 5 heteroatoms. The van der Waals surface area contributed by atoms with E-state index in [1.54, 1.807) is 12.4 Å². The minimum atomic E-state index is 0.507. The van der Waals surface area contributed by atoms with Gasteiger partial charge >= 0.3 is 0 Å². The van der Waals surface area contributed by atoms with E-state index in [0.29, 0.717) is 12.0 Å². The Bertz CT molecular complexity index is 560. The number of nitrogens with zero attached hydrogens (tertiary/aromatic N) is 4. The van der Waals surface area contributed by atoms with E-state index in [-0.39, 0.29) is 0 Å². The zero-order valence-corrected chi connectivity index (χ0v) is 13.4. The van der Waals surface area contributed by atoms with Crippen LogP contribution in [0.5, 0.6) is 0 Å². The molecule has 0 aliphatic heterocycles. The third-order valence-corrected chi connectivity index (χ3v) is 3.51. The van der Waals surface area contributed by atoms with Gasteiger partial charge in [0.05, 0.1) is 11.4 Å². The maximum atomic E-state index is 4.73. The van der Waals surface area contributed by atoms with E-state index in [0.717, 1.165) is 31.5 Å². The van der Waals surface area contributed by atoms with Crippen molar-refractivity contribution in [2.75, 3.05) is 6.54 Å². The Kier molecular flexibility index (Phi) is 5.44. The molecule has 0 fully saturated rings. The molecule has 2 rings (SSSR count). The van der Waals surface area contributed by atoms with Gasteiger partial charge in [-0.15, -0.1) is 0 Å². The zero-order valence-electron chi connectivity index (χ0n) is 13.4. The van der Waals surface area contributed by atoms with Crippen LogP contribution >= 0.6 is 0 Å². The highest BCUT2D eigenvalue weighted by atomic mass is 15.4. The van der Waals surface area contributed by atoms with E-state index in [1.165, 1.54) is 11.3 Å². The van der Waals surface area contributed by atoms with Crippen molar-refractivity contribution in [3.63, 3.8) is 0 Å². The van der Waals surface area contributed by atoms with Crippen molar-refractivity contribution in [2.45, 2.75) is 53.0 Å². The fourth-order valence-corrected chi connectivity index (χ4v) is 2.52. The lowest BCUT2D eigenvalue weighted by Gasteiger charge is -2.09. The van der Waals surface area contributed by atoms with Gasteiger partial charge in [0.1, 0.15) is 0 Å². The number of hydrogen-bond acceptors (Lipinski definition) is 4. The molecule has 0 bridgehead atoms. The molecular weight excluding hydrogens is 262 g/mol. The normalized spacial score (nSPS) is 11.3. The average Bonchev–Trinajstić information content (AvgIpc) is 2.85. The summed E-state index contributed by atoms with van der Waals surface area (Å²) < 4.78 is 1.91. The molecule has 0 saturated carbocycles. The van der Waals surface area contributed by atoms with Gasteiger partial charge in [0.15, 0.2) is 0 Å².